The second kappa shape index (κ2) is 7.91. The molecule has 0 fully saturated rings. The molecule has 2 aromatic rings. The largest absolute Gasteiger partial charge is 0.445 e. The number of hydrogen-bond acceptors (Lipinski definition) is 5. The molecule has 1 aliphatic rings. The summed E-state index contributed by atoms with van der Waals surface area (Å²) in [5.41, 5.74) is 1.27. The van der Waals surface area contributed by atoms with E-state index in [0.29, 0.717) is 0 Å². The van der Waals surface area contributed by atoms with E-state index in [1.165, 1.54) is 26.1 Å². The second-order valence-corrected chi connectivity index (χ2v) is 6.26. The van der Waals surface area contributed by atoms with Crippen molar-refractivity contribution in [1.82, 2.24) is 15.3 Å². The van der Waals surface area contributed by atoms with Gasteiger partial charge in [-0.1, -0.05) is 42.5 Å². The first-order valence-electron chi connectivity index (χ1n) is 8.62. The van der Waals surface area contributed by atoms with E-state index >= 15 is 0 Å². The maximum absolute atomic E-state index is 12.6. The summed E-state index contributed by atoms with van der Waals surface area (Å²) in [7, 11) is 1.30. The van der Waals surface area contributed by atoms with Crippen LogP contribution in [0.5, 0.6) is 0 Å². The van der Waals surface area contributed by atoms with E-state index in [1.54, 1.807) is 24.3 Å². The third-order valence-electron chi connectivity index (χ3n) is 4.31. The van der Waals surface area contributed by atoms with Crippen molar-refractivity contribution in [2.75, 3.05) is 7.05 Å². The number of hydrazine groups is 1. The standard InChI is InChI=1S/C20H19N3O5/c1-13(21-20(27)28-12-14-8-4-3-5-9-14)17(24)22(2)23-18(25)15-10-6-7-11-16(15)19(23)26/h3-11,13H,12H2,1-2H3,(H,21,27). The smallest absolute Gasteiger partial charge is 0.408 e. The molecule has 28 heavy (non-hydrogen) atoms. The fourth-order valence-electron chi connectivity index (χ4n) is 2.83. The van der Waals surface area contributed by atoms with Gasteiger partial charge in [0.2, 0.25) is 0 Å². The quantitative estimate of drug-likeness (QED) is 0.799. The zero-order valence-electron chi connectivity index (χ0n) is 15.4. The van der Waals surface area contributed by atoms with Crippen LogP contribution < -0.4 is 5.32 Å². The van der Waals surface area contributed by atoms with Crippen molar-refractivity contribution in [3.8, 4) is 0 Å². The van der Waals surface area contributed by atoms with Crippen LogP contribution >= 0.6 is 0 Å². The Morgan fingerprint density at radius 1 is 1.00 bits per heavy atom. The Bertz CT molecular complexity index is 893. The first-order chi connectivity index (χ1) is 13.4. The minimum Gasteiger partial charge on any atom is -0.445 e. The van der Waals surface area contributed by atoms with Crippen molar-refractivity contribution >= 4 is 23.8 Å². The number of imide groups is 1. The number of nitrogens with zero attached hydrogens (tertiary/aromatic N) is 2. The van der Waals surface area contributed by atoms with Crippen molar-refractivity contribution in [2.45, 2.75) is 19.6 Å². The molecule has 0 spiro atoms. The number of fused-ring (bicyclic) bond motifs is 1. The minimum atomic E-state index is -1.00. The molecule has 1 aliphatic heterocycles. The molecular formula is C20H19N3O5. The summed E-state index contributed by atoms with van der Waals surface area (Å²) in [4.78, 5) is 49.4. The fraction of sp³-hybridized carbons (Fsp3) is 0.200. The summed E-state index contributed by atoms with van der Waals surface area (Å²) in [5, 5.41) is 4.08. The molecule has 1 N–H and O–H groups in total. The van der Waals surface area contributed by atoms with Gasteiger partial charge >= 0.3 is 6.09 Å². The number of nitrogens with one attached hydrogen (secondary N) is 1. The zero-order chi connectivity index (χ0) is 20.3. The van der Waals surface area contributed by atoms with Crippen molar-refractivity contribution in [1.29, 1.82) is 0 Å². The van der Waals surface area contributed by atoms with E-state index in [0.717, 1.165) is 15.6 Å². The fourth-order valence-corrected chi connectivity index (χ4v) is 2.83. The topological polar surface area (TPSA) is 96.0 Å². The van der Waals surface area contributed by atoms with Gasteiger partial charge in [0, 0.05) is 7.05 Å². The van der Waals surface area contributed by atoms with E-state index in [9.17, 15) is 19.2 Å². The number of ether oxygens (including phenoxy) is 1. The summed E-state index contributed by atoms with van der Waals surface area (Å²) in [6.07, 6.45) is -0.777. The normalized spacial score (nSPS) is 13.7. The van der Waals surface area contributed by atoms with E-state index in [2.05, 4.69) is 5.32 Å². The molecule has 0 radical (unpaired) electrons. The van der Waals surface area contributed by atoms with Gasteiger partial charge in [-0.3, -0.25) is 14.4 Å². The number of amides is 4. The number of carbonyl (C=O) groups excluding carboxylic acids is 4. The maximum atomic E-state index is 12.6. The lowest BCUT2D eigenvalue weighted by Crippen LogP contribution is -2.54. The van der Waals surface area contributed by atoms with Crippen LogP contribution in [-0.4, -0.2) is 46.9 Å². The van der Waals surface area contributed by atoms with Gasteiger partial charge in [0.05, 0.1) is 11.1 Å². The van der Waals surface area contributed by atoms with Crippen LogP contribution in [0, 0.1) is 0 Å². The Kier molecular flexibility index (Phi) is 5.39. The average Bonchev–Trinajstić information content (AvgIpc) is 2.97. The number of likely N-dealkylation sites (N-methyl/N-ethyl adjacent to an activating group) is 1. The Morgan fingerprint density at radius 3 is 2.11 bits per heavy atom. The van der Waals surface area contributed by atoms with Gasteiger partial charge in [-0.15, -0.1) is 0 Å². The number of benzene rings is 2. The van der Waals surface area contributed by atoms with Crippen molar-refractivity contribution in [3.05, 3.63) is 71.3 Å². The molecule has 8 heteroatoms. The summed E-state index contributed by atoms with van der Waals surface area (Å²) in [6.45, 7) is 1.50. The molecule has 8 nitrogen and oxygen atoms in total. The van der Waals surface area contributed by atoms with Gasteiger partial charge in [-0.2, -0.15) is 5.01 Å². The lowest BCUT2D eigenvalue weighted by Gasteiger charge is -2.28. The van der Waals surface area contributed by atoms with Crippen LogP contribution in [0.15, 0.2) is 54.6 Å². The summed E-state index contributed by atoms with van der Waals surface area (Å²) >= 11 is 0. The molecule has 0 saturated heterocycles. The van der Waals surface area contributed by atoms with Gasteiger partial charge in [0.1, 0.15) is 12.6 Å². The third kappa shape index (κ3) is 3.71. The predicted molar refractivity (Wildman–Crippen MR) is 98.9 cm³/mol. The van der Waals surface area contributed by atoms with Crippen LogP contribution in [0.25, 0.3) is 0 Å². The molecule has 0 aromatic heterocycles. The molecule has 1 heterocycles. The highest BCUT2D eigenvalue weighted by molar-refractivity contribution is 6.21. The highest BCUT2D eigenvalue weighted by atomic mass is 16.5. The van der Waals surface area contributed by atoms with Crippen LogP contribution in [0.2, 0.25) is 0 Å². The Hall–Kier alpha value is -3.68. The molecule has 144 valence electrons. The van der Waals surface area contributed by atoms with Crippen molar-refractivity contribution in [2.24, 2.45) is 0 Å². The molecule has 1 atom stereocenters. The zero-order valence-corrected chi connectivity index (χ0v) is 15.4. The molecule has 4 amide bonds. The van der Waals surface area contributed by atoms with Gasteiger partial charge < -0.3 is 10.1 Å². The lowest BCUT2D eigenvalue weighted by molar-refractivity contribution is -0.140. The second-order valence-electron chi connectivity index (χ2n) is 6.26. The van der Waals surface area contributed by atoms with E-state index in [1.807, 2.05) is 18.2 Å². The number of carbonyl (C=O) groups is 4. The lowest BCUT2D eigenvalue weighted by atomic mass is 10.1. The molecule has 0 bridgehead atoms. The third-order valence-corrected chi connectivity index (χ3v) is 4.31. The maximum Gasteiger partial charge on any atom is 0.408 e. The minimum absolute atomic E-state index is 0.0574. The van der Waals surface area contributed by atoms with Crippen LogP contribution in [0.1, 0.15) is 33.2 Å². The van der Waals surface area contributed by atoms with Gasteiger partial charge in [-0.25, -0.2) is 9.80 Å². The molecule has 0 saturated carbocycles. The van der Waals surface area contributed by atoms with Crippen LogP contribution in [0.3, 0.4) is 0 Å². The van der Waals surface area contributed by atoms with Crippen molar-refractivity contribution in [3.63, 3.8) is 0 Å². The first kappa shape index (κ1) is 19.1. The molecule has 0 aliphatic carbocycles. The summed E-state index contributed by atoms with van der Waals surface area (Å²) in [6, 6.07) is 14.4. The van der Waals surface area contributed by atoms with E-state index in [4.69, 9.17) is 4.74 Å². The number of hydrogen-bond donors (Lipinski definition) is 1. The molecular weight excluding hydrogens is 362 g/mol. The Balaban J connectivity index is 1.59. The van der Waals surface area contributed by atoms with Crippen LogP contribution in [-0.2, 0) is 16.1 Å². The summed E-state index contributed by atoms with van der Waals surface area (Å²) < 4.78 is 5.08. The SMILES string of the molecule is CC(NC(=O)OCc1ccccc1)C(=O)N(C)N1C(=O)c2ccccc2C1=O. The van der Waals surface area contributed by atoms with Crippen LogP contribution in [0.4, 0.5) is 4.79 Å². The predicted octanol–water partition coefficient (Wildman–Crippen LogP) is 1.97. The van der Waals surface area contributed by atoms with E-state index in [-0.39, 0.29) is 17.7 Å². The van der Waals surface area contributed by atoms with Crippen molar-refractivity contribution < 1.29 is 23.9 Å². The van der Waals surface area contributed by atoms with E-state index < -0.39 is 29.9 Å². The van der Waals surface area contributed by atoms with Gasteiger partial charge in [0.25, 0.3) is 17.7 Å². The highest BCUT2D eigenvalue weighted by Gasteiger charge is 2.40. The summed E-state index contributed by atoms with van der Waals surface area (Å²) in [5.74, 6) is -1.81. The molecule has 2 aromatic carbocycles. The highest BCUT2D eigenvalue weighted by Crippen LogP contribution is 2.23. The first-order valence-corrected chi connectivity index (χ1v) is 8.62. The molecule has 1 unspecified atom stereocenters. The molecule has 3 rings (SSSR count). The monoisotopic (exact) mass is 381 g/mol. The van der Waals surface area contributed by atoms with Gasteiger partial charge in [-0.05, 0) is 24.6 Å². The Morgan fingerprint density at radius 2 is 1.54 bits per heavy atom. The Labute approximate surface area is 161 Å². The number of alkyl carbamates (subject to hydrolysis) is 1. The average molecular weight is 381 g/mol. The number of rotatable bonds is 5. The van der Waals surface area contributed by atoms with Gasteiger partial charge in [0.15, 0.2) is 0 Å².